The quantitative estimate of drug-likeness (QED) is 0.878. The van der Waals surface area contributed by atoms with E-state index in [9.17, 15) is 5.11 Å². The van der Waals surface area contributed by atoms with Crippen LogP contribution < -0.4 is 0 Å². The van der Waals surface area contributed by atoms with E-state index in [0.29, 0.717) is 12.5 Å². The molecule has 18 heavy (non-hydrogen) atoms. The summed E-state index contributed by atoms with van der Waals surface area (Å²) in [7, 11) is 0. The minimum absolute atomic E-state index is 0.434. The van der Waals surface area contributed by atoms with Crippen molar-refractivity contribution in [1.29, 1.82) is 0 Å². The van der Waals surface area contributed by atoms with E-state index in [0.717, 1.165) is 12.0 Å². The Kier molecular flexibility index (Phi) is 4.10. The number of aliphatic hydroxyl groups is 1. The van der Waals surface area contributed by atoms with Crippen molar-refractivity contribution in [3.8, 4) is 0 Å². The van der Waals surface area contributed by atoms with Crippen molar-refractivity contribution in [2.24, 2.45) is 5.92 Å². The molecule has 2 rings (SSSR count). The van der Waals surface area contributed by atoms with Crippen LogP contribution in [-0.4, -0.2) is 19.9 Å². The fourth-order valence-corrected chi connectivity index (χ4v) is 1.96. The first-order chi connectivity index (χ1) is 8.65. The van der Waals surface area contributed by atoms with Crippen LogP contribution in [0.4, 0.5) is 0 Å². The standard InChI is InChI=1S/C14H19N3O/c1-11(2)7-12-3-5-13(6-4-12)14(18)8-17-10-15-9-16-17/h3-6,9-11,14,18H,7-8H2,1-2H3. The van der Waals surface area contributed by atoms with E-state index in [1.54, 1.807) is 11.0 Å². The first-order valence-corrected chi connectivity index (χ1v) is 6.24. The summed E-state index contributed by atoms with van der Waals surface area (Å²) in [4.78, 5) is 3.86. The maximum atomic E-state index is 10.1. The Balaban J connectivity index is 2.00. The van der Waals surface area contributed by atoms with Gasteiger partial charge in [0.05, 0.1) is 12.6 Å². The molecular weight excluding hydrogens is 226 g/mol. The van der Waals surface area contributed by atoms with Gasteiger partial charge in [0.2, 0.25) is 0 Å². The highest BCUT2D eigenvalue weighted by atomic mass is 16.3. The predicted octanol–water partition coefficient (Wildman–Crippen LogP) is 2.21. The van der Waals surface area contributed by atoms with Crippen LogP contribution in [0.3, 0.4) is 0 Å². The van der Waals surface area contributed by atoms with Gasteiger partial charge in [-0.2, -0.15) is 5.10 Å². The lowest BCUT2D eigenvalue weighted by atomic mass is 10.0. The maximum absolute atomic E-state index is 10.1. The van der Waals surface area contributed by atoms with E-state index >= 15 is 0 Å². The van der Waals surface area contributed by atoms with Gasteiger partial charge in [-0.05, 0) is 23.5 Å². The van der Waals surface area contributed by atoms with E-state index in [-0.39, 0.29) is 0 Å². The van der Waals surface area contributed by atoms with Gasteiger partial charge >= 0.3 is 0 Å². The fraction of sp³-hybridized carbons (Fsp3) is 0.429. The second kappa shape index (κ2) is 5.78. The van der Waals surface area contributed by atoms with E-state index in [4.69, 9.17) is 0 Å². The molecule has 4 nitrogen and oxygen atoms in total. The van der Waals surface area contributed by atoms with Crippen LogP contribution in [0.5, 0.6) is 0 Å². The molecule has 0 aliphatic rings. The molecule has 0 saturated heterocycles. The minimum atomic E-state index is -0.542. The lowest BCUT2D eigenvalue weighted by Crippen LogP contribution is -2.09. The SMILES string of the molecule is CC(C)Cc1ccc(C(O)Cn2cncn2)cc1. The number of benzene rings is 1. The van der Waals surface area contributed by atoms with Crippen LogP contribution in [0.15, 0.2) is 36.9 Å². The minimum Gasteiger partial charge on any atom is -0.386 e. The molecule has 1 aromatic heterocycles. The number of aromatic nitrogens is 3. The molecule has 1 heterocycles. The molecule has 2 aromatic rings. The molecule has 4 heteroatoms. The monoisotopic (exact) mass is 245 g/mol. The van der Waals surface area contributed by atoms with Gasteiger partial charge in [-0.1, -0.05) is 38.1 Å². The molecule has 0 radical (unpaired) electrons. The molecule has 96 valence electrons. The molecule has 1 atom stereocenters. The van der Waals surface area contributed by atoms with Gasteiger partial charge in [-0.3, -0.25) is 4.68 Å². The molecule has 0 amide bonds. The van der Waals surface area contributed by atoms with Crippen molar-refractivity contribution in [2.75, 3.05) is 0 Å². The molecule has 0 bridgehead atoms. The molecule has 0 saturated carbocycles. The smallest absolute Gasteiger partial charge is 0.137 e. The van der Waals surface area contributed by atoms with Gasteiger partial charge in [-0.25, -0.2) is 4.98 Å². The number of rotatable bonds is 5. The zero-order valence-corrected chi connectivity index (χ0v) is 10.8. The van der Waals surface area contributed by atoms with E-state index < -0.39 is 6.10 Å². The highest BCUT2D eigenvalue weighted by Gasteiger charge is 2.08. The predicted molar refractivity (Wildman–Crippen MR) is 70.0 cm³/mol. The van der Waals surface area contributed by atoms with Crippen LogP contribution in [0.2, 0.25) is 0 Å². The third-order valence-electron chi connectivity index (χ3n) is 2.84. The van der Waals surface area contributed by atoms with Crippen molar-refractivity contribution in [1.82, 2.24) is 14.8 Å². The maximum Gasteiger partial charge on any atom is 0.137 e. The molecule has 1 aromatic carbocycles. The van der Waals surface area contributed by atoms with Crippen molar-refractivity contribution < 1.29 is 5.11 Å². The second-order valence-electron chi connectivity index (χ2n) is 4.97. The second-order valence-corrected chi connectivity index (χ2v) is 4.97. The Labute approximate surface area is 107 Å². The van der Waals surface area contributed by atoms with Gasteiger partial charge < -0.3 is 5.11 Å². The molecular formula is C14H19N3O. The summed E-state index contributed by atoms with van der Waals surface area (Å²) in [5, 5.41) is 14.1. The molecule has 0 spiro atoms. The normalized spacial score (nSPS) is 12.9. The third-order valence-corrected chi connectivity index (χ3v) is 2.84. The molecule has 0 aliphatic carbocycles. The average Bonchev–Trinajstić information content (AvgIpc) is 2.82. The van der Waals surface area contributed by atoms with Gasteiger partial charge in [0, 0.05) is 0 Å². The number of aliphatic hydroxyl groups excluding tert-OH is 1. The Hall–Kier alpha value is -1.68. The van der Waals surface area contributed by atoms with Crippen LogP contribution in [0.1, 0.15) is 31.1 Å². The number of hydrogen-bond acceptors (Lipinski definition) is 3. The molecule has 0 aliphatic heterocycles. The highest BCUT2D eigenvalue weighted by molar-refractivity contribution is 5.24. The third kappa shape index (κ3) is 3.40. The summed E-state index contributed by atoms with van der Waals surface area (Å²) in [6, 6.07) is 8.14. The summed E-state index contributed by atoms with van der Waals surface area (Å²) in [6.07, 6.45) is 3.61. The van der Waals surface area contributed by atoms with Crippen LogP contribution in [0, 0.1) is 5.92 Å². The van der Waals surface area contributed by atoms with Crippen molar-refractivity contribution in [3.05, 3.63) is 48.0 Å². The first-order valence-electron chi connectivity index (χ1n) is 6.24. The largest absolute Gasteiger partial charge is 0.386 e. The summed E-state index contributed by atoms with van der Waals surface area (Å²) in [6.45, 7) is 4.84. The van der Waals surface area contributed by atoms with E-state index in [1.807, 2.05) is 12.1 Å². The molecule has 1 N–H and O–H groups in total. The summed E-state index contributed by atoms with van der Waals surface area (Å²) in [5.74, 6) is 0.649. The van der Waals surface area contributed by atoms with Gasteiger partial charge in [0.1, 0.15) is 12.7 Å². The Morgan fingerprint density at radius 3 is 2.50 bits per heavy atom. The topological polar surface area (TPSA) is 50.9 Å². The van der Waals surface area contributed by atoms with Crippen molar-refractivity contribution in [2.45, 2.75) is 32.9 Å². The fourth-order valence-electron chi connectivity index (χ4n) is 1.96. The summed E-state index contributed by atoms with van der Waals surface area (Å²) < 4.78 is 1.63. The van der Waals surface area contributed by atoms with Gasteiger partial charge in [0.15, 0.2) is 0 Å². The van der Waals surface area contributed by atoms with Crippen LogP contribution >= 0.6 is 0 Å². The van der Waals surface area contributed by atoms with Crippen LogP contribution in [0.25, 0.3) is 0 Å². The van der Waals surface area contributed by atoms with Crippen molar-refractivity contribution >= 4 is 0 Å². The molecule has 1 unspecified atom stereocenters. The van der Waals surface area contributed by atoms with Gasteiger partial charge in [-0.15, -0.1) is 0 Å². The Morgan fingerprint density at radius 2 is 1.94 bits per heavy atom. The zero-order chi connectivity index (χ0) is 13.0. The van der Waals surface area contributed by atoms with Crippen molar-refractivity contribution in [3.63, 3.8) is 0 Å². The molecule has 0 fully saturated rings. The summed E-state index contributed by atoms with van der Waals surface area (Å²) in [5.41, 5.74) is 2.22. The van der Waals surface area contributed by atoms with E-state index in [2.05, 4.69) is 36.1 Å². The highest BCUT2D eigenvalue weighted by Crippen LogP contribution is 2.17. The van der Waals surface area contributed by atoms with E-state index in [1.165, 1.54) is 11.9 Å². The first kappa shape index (κ1) is 12.8. The number of nitrogens with zero attached hydrogens (tertiary/aromatic N) is 3. The Bertz CT molecular complexity index is 462. The zero-order valence-electron chi connectivity index (χ0n) is 10.8. The Morgan fingerprint density at radius 1 is 1.22 bits per heavy atom. The van der Waals surface area contributed by atoms with Gasteiger partial charge in [0.25, 0.3) is 0 Å². The summed E-state index contributed by atoms with van der Waals surface area (Å²) >= 11 is 0. The average molecular weight is 245 g/mol. The van der Waals surface area contributed by atoms with Crippen LogP contribution in [-0.2, 0) is 13.0 Å². The number of hydrogen-bond donors (Lipinski definition) is 1. The lowest BCUT2D eigenvalue weighted by Gasteiger charge is -2.12. The lowest BCUT2D eigenvalue weighted by molar-refractivity contribution is 0.151.